The minimum absolute atomic E-state index is 0.110. The predicted molar refractivity (Wildman–Crippen MR) is 48.7 cm³/mol. The second-order valence-corrected chi connectivity index (χ2v) is 2.55. The van der Waals surface area contributed by atoms with E-state index in [0.29, 0.717) is 6.54 Å². The van der Waals surface area contributed by atoms with E-state index >= 15 is 0 Å². The van der Waals surface area contributed by atoms with E-state index in [1.807, 2.05) is 30.3 Å². The summed E-state index contributed by atoms with van der Waals surface area (Å²) in [5, 5.41) is 0. The molecule has 0 aliphatic rings. The number of carbonyl (C=O) groups is 1. The molecule has 0 aromatic heterocycles. The molecule has 0 heterocycles. The van der Waals surface area contributed by atoms with Crippen molar-refractivity contribution in [1.29, 1.82) is 0 Å². The van der Waals surface area contributed by atoms with Crippen molar-refractivity contribution in [3.8, 4) is 0 Å². The maximum absolute atomic E-state index is 10.5. The first-order valence-corrected chi connectivity index (χ1v) is 3.82. The summed E-state index contributed by atoms with van der Waals surface area (Å²) >= 11 is 0. The van der Waals surface area contributed by atoms with Gasteiger partial charge in [-0.1, -0.05) is 18.2 Å². The number of benzene rings is 1. The number of carbonyl (C=O) groups excluding carboxylic acids is 1. The molecule has 0 spiro atoms. The van der Waals surface area contributed by atoms with Crippen LogP contribution in [0.3, 0.4) is 0 Å². The highest BCUT2D eigenvalue weighted by atomic mass is 16.1. The lowest BCUT2D eigenvalue weighted by atomic mass is 10.3. The Morgan fingerprint density at radius 3 is 2.58 bits per heavy atom. The van der Waals surface area contributed by atoms with Crippen LogP contribution in [0.5, 0.6) is 0 Å². The number of rotatable bonds is 4. The number of ketones is 1. The standard InChI is InChI=1S/C9H12N2O/c1-8(12)7-10-11-9-5-3-2-4-6-9/h2-6,10-11H,7H2,1H3. The topological polar surface area (TPSA) is 41.1 Å². The fourth-order valence-corrected chi connectivity index (χ4v) is 0.792. The quantitative estimate of drug-likeness (QED) is 0.657. The summed E-state index contributed by atoms with van der Waals surface area (Å²) in [4.78, 5) is 10.5. The molecular formula is C9H12N2O. The molecule has 0 aliphatic heterocycles. The molecule has 0 saturated carbocycles. The maximum atomic E-state index is 10.5. The van der Waals surface area contributed by atoms with Gasteiger partial charge in [0.1, 0.15) is 5.78 Å². The molecule has 64 valence electrons. The molecule has 1 rings (SSSR count). The molecule has 0 unspecified atom stereocenters. The Kier molecular flexibility index (Phi) is 3.29. The molecule has 0 radical (unpaired) electrons. The van der Waals surface area contributed by atoms with Crippen molar-refractivity contribution >= 4 is 11.5 Å². The van der Waals surface area contributed by atoms with Crippen molar-refractivity contribution in [1.82, 2.24) is 5.43 Å². The van der Waals surface area contributed by atoms with Crippen molar-refractivity contribution in [2.24, 2.45) is 0 Å². The molecule has 0 saturated heterocycles. The van der Waals surface area contributed by atoms with E-state index in [1.165, 1.54) is 0 Å². The van der Waals surface area contributed by atoms with E-state index in [2.05, 4.69) is 10.9 Å². The summed E-state index contributed by atoms with van der Waals surface area (Å²) in [5.74, 6) is 0.110. The van der Waals surface area contributed by atoms with E-state index in [-0.39, 0.29) is 5.78 Å². The zero-order valence-corrected chi connectivity index (χ0v) is 7.00. The fraction of sp³-hybridized carbons (Fsp3) is 0.222. The Balaban J connectivity index is 2.29. The van der Waals surface area contributed by atoms with Crippen molar-refractivity contribution in [3.05, 3.63) is 30.3 Å². The molecule has 0 atom stereocenters. The first-order valence-electron chi connectivity index (χ1n) is 3.82. The number of hydrogen-bond acceptors (Lipinski definition) is 3. The van der Waals surface area contributed by atoms with E-state index in [0.717, 1.165) is 5.69 Å². The normalized spacial score (nSPS) is 9.42. The van der Waals surface area contributed by atoms with Crippen LogP contribution >= 0.6 is 0 Å². The average Bonchev–Trinajstić information content (AvgIpc) is 2.05. The molecule has 0 aliphatic carbocycles. The first-order chi connectivity index (χ1) is 5.79. The Morgan fingerprint density at radius 1 is 1.33 bits per heavy atom. The molecule has 12 heavy (non-hydrogen) atoms. The molecular weight excluding hydrogens is 152 g/mol. The number of para-hydroxylation sites is 1. The van der Waals surface area contributed by atoms with Crippen LogP contribution in [-0.2, 0) is 4.79 Å². The lowest BCUT2D eigenvalue weighted by Crippen LogP contribution is -2.26. The van der Waals surface area contributed by atoms with E-state index in [9.17, 15) is 4.79 Å². The van der Waals surface area contributed by atoms with Crippen LogP contribution in [0.2, 0.25) is 0 Å². The Labute approximate surface area is 71.8 Å². The molecule has 3 nitrogen and oxygen atoms in total. The van der Waals surface area contributed by atoms with Gasteiger partial charge in [-0.2, -0.15) is 0 Å². The highest BCUT2D eigenvalue weighted by Gasteiger charge is 1.90. The first kappa shape index (κ1) is 8.74. The average molecular weight is 164 g/mol. The van der Waals surface area contributed by atoms with Crippen molar-refractivity contribution < 1.29 is 4.79 Å². The Morgan fingerprint density at radius 2 is 2.00 bits per heavy atom. The van der Waals surface area contributed by atoms with Gasteiger partial charge in [0.25, 0.3) is 0 Å². The van der Waals surface area contributed by atoms with Gasteiger partial charge in [-0.05, 0) is 19.1 Å². The zero-order valence-electron chi connectivity index (χ0n) is 7.00. The minimum Gasteiger partial charge on any atom is -0.321 e. The van der Waals surface area contributed by atoms with Gasteiger partial charge in [0.05, 0.1) is 6.54 Å². The monoisotopic (exact) mass is 164 g/mol. The van der Waals surface area contributed by atoms with Crippen molar-refractivity contribution in [2.45, 2.75) is 6.92 Å². The van der Waals surface area contributed by atoms with Crippen LogP contribution in [0.25, 0.3) is 0 Å². The van der Waals surface area contributed by atoms with Gasteiger partial charge in [-0.3, -0.25) is 4.79 Å². The summed E-state index contributed by atoms with van der Waals surface area (Å²) in [7, 11) is 0. The van der Waals surface area contributed by atoms with Crippen LogP contribution in [0.15, 0.2) is 30.3 Å². The van der Waals surface area contributed by atoms with Crippen LogP contribution in [0, 0.1) is 0 Å². The lowest BCUT2D eigenvalue weighted by Gasteiger charge is -2.05. The van der Waals surface area contributed by atoms with Crippen LogP contribution in [0.1, 0.15) is 6.92 Å². The predicted octanol–water partition coefficient (Wildman–Crippen LogP) is 1.19. The number of hydrazine groups is 1. The molecule has 0 bridgehead atoms. The van der Waals surface area contributed by atoms with Crippen molar-refractivity contribution in [2.75, 3.05) is 12.0 Å². The molecule has 1 aromatic rings. The molecule has 3 heteroatoms. The van der Waals surface area contributed by atoms with Crippen molar-refractivity contribution in [3.63, 3.8) is 0 Å². The summed E-state index contributed by atoms with van der Waals surface area (Å²) in [5.41, 5.74) is 6.66. The van der Waals surface area contributed by atoms with Gasteiger partial charge >= 0.3 is 0 Å². The van der Waals surface area contributed by atoms with Gasteiger partial charge in [0.15, 0.2) is 0 Å². The second kappa shape index (κ2) is 4.51. The second-order valence-electron chi connectivity index (χ2n) is 2.55. The number of Topliss-reactive ketones (excluding diaryl/α,β-unsaturated/α-hetero) is 1. The van der Waals surface area contributed by atoms with Gasteiger partial charge < -0.3 is 5.43 Å². The fourth-order valence-electron chi connectivity index (χ4n) is 0.792. The van der Waals surface area contributed by atoms with Gasteiger partial charge in [0, 0.05) is 5.69 Å². The molecule has 2 N–H and O–H groups in total. The summed E-state index contributed by atoms with van der Waals surface area (Å²) in [6.45, 7) is 1.88. The highest BCUT2D eigenvalue weighted by Crippen LogP contribution is 2.01. The SMILES string of the molecule is CC(=O)CNNc1ccccc1. The summed E-state index contributed by atoms with van der Waals surface area (Å²) in [6, 6.07) is 9.64. The Bertz CT molecular complexity index is 246. The summed E-state index contributed by atoms with van der Waals surface area (Å²) < 4.78 is 0. The maximum Gasteiger partial charge on any atom is 0.145 e. The number of nitrogens with one attached hydrogen (secondary N) is 2. The molecule has 0 fully saturated rings. The number of hydrogen-bond donors (Lipinski definition) is 2. The van der Waals surface area contributed by atoms with Crippen LogP contribution in [-0.4, -0.2) is 12.3 Å². The number of anilines is 1. The summed E-state index contributed by atoms with van der Waals surface area (Å²) in [6.07, 6.45) is 0. The highest BCUT2D eigenvalue weighted by molar-refractivity contribution is 5.77. The van der Waals surface area contributed by atoms with Gasteiger partial charge in [-0.25, -0.2) is 5.43 Å². The lowest BCUT2D eigenvalue weighted by molar-refractivity contribution is -0.116. The van der Waals surface area contributed by atoms with Crippen LogP contribution < -0.4 is 10.9 Å². The largest absolute Gasteiger partial charge is 0.321 e. The van der Waals surface area contributed by atoms with E-state index < -0.39 is 0 Å². The third-order valence-corrected chi connectivity index (χ3v) is 1.34. The smallest absolute Gasteiger partial charge is 0.145 e. The minimum atomic E-state index is 0.110. The van der Waals surface area contributed by atoms with E-state index in [4.69, 9.17) is 0 Å². The Hall–Kier alpha value is -1.35. The third kappa shape index (κ3) is 3.16. The zero-order chi connectivity index (χ0) is 8.81. The third-order valence-electron chi connectivity index (χ3n) is 1.34. The molecule has 1 aromatic carbocycles. The van der Waals surface area contributed by atoms with E-state index in [1.54, 1.807) is 6.92 Å². The molecule has 0 amide bonds. The van der Waals surface area contributed by atoms with Gasteiger partial charge in [0.2, 0.25) is 0 Å². The van der Waals surface area contributed by atoms with Crippen LogP contribution in [0.4, 0.5) is 5.69 Å². The van der Waals surface area contributed by atoms with Gasteiger partial charge in [-0.15, -0.1) is 0 Å².